The van der Waals surface area contributed by atoms with E-state index in [0.29, 0.717) is 11.3 Å². The van der Waals surface area contributed by atoms with Gasteiger partial charge in [-0.2, -0.15) is 0 Å². The van der Waals surface area contributed by atoms with E-state index in [-0.39, 0.29) is 11.3 Å². The van der Waals surface area contributed by atoms with E-state index in [0.717, 1.165) is 16.3 Å². The number of barbiturate groups is 1. The molecular formula is C18H16N4O5. The number of benzene rings is 1. The van der Waals surface area contributed by atoms with Crippen LogP contribution >= 0.6 is 0 Å². The van der Waals surface area contributed by atoms with Crippen molar-refractivity contribution in [2.45, 2.75) is 13.8 Å². The molecule has 0 radical (unpaired) electrons. The third-order valence-corrected chi connectivity index (χ3v) is 4.39. The molecule has 0 spiro atoms. The number of carbonyl (C=O) groups is 3. The SMILES string of the molecule is Cc1cc(C=C2C(=O)NC(=O)N(C)C2=O)c(C)n1-c1ccc([N+](=O)[O-])cc1. The monoisotopic (exact) mass is 368 g/mol. The van der Waals surface area contributed by atoms with Crippen molar-refractivity contribution in [2.75, 3.05) is 7.05 Å². The Morgan fingerprint density at radius 1 is 1.11 bits per heavy atom. The van der Waals surface area contributed by atoms with Gasteiger partial charge in [0.15, 0.2) is 0 Å². The normalized spacial score (nSPS) is 16.0. The molecule has 0 saturated carbocycles. The van der Waals surface area contributed by atoms with Crippen molar-refractivity contribution in [1.82, 2.24) is 14.8 Å². The van der Waals surface area contributed by atoms with Crippen molar-refractivity contribution in [2.24, 2.45) is 0 Å². The number of urea groups is 1. The van der Waals surface area contributed by atoms with Crippen molar-refractivity contribution in [3.63, 3.8) is 0 Å². The lowest BCUT2D eigenvalue weighted by Crippen LogP contribution is -2.52. The summed E-state index contributed by atoms with van der Waals surface area (Å²) in [6.45, 7) is 3.65. The van der Waals surface area contributed by atoms with Gasteiger partial charge in [0.05, 0.1) is 4.92 Å². The second-order valence-corrected chi connectivity index (χ2v) is 6.12. The minimum atomic E-state index is -0.765. The number of imide groups is 2. The van der Waals surface area contributed by atoms with E-state index in [9.17, 15) is 24.5 Å². The van der Waals surface area contributed by atoms with Crippen LogP contribution < -0.4 is 5.32 Å². The molecule has 2 heterocycles. The number of rotatable bonds is 3. The number of nitro groups is 1. The molecule has 0 bridgehead atoms. The molecule has 9 heteroatoms. The van der Waals surface area contributed by atoms with Crippen molar-refractivity contribution in [3.8, 4) is 5.69 Å². The zero-order valence-electron chi connectivity index (χ0n) is 14.8. The highest BCUT2D eigenvalue weighted by Gasteiger charge is 2.33. The van der Waals surface area contributed by atoms with Crippen LogP contribution in [0.2, 0.25) is 0 Å². The van der Waals surface area contributed by atoms with Gasteiger partial charge in [-0.1, -0.05) is 0 Å². The first kappa shape index (κ1) is 18.1. The number of aryl methyl sites for hydroxylation is 1. The van der Waals surface area contributed by atoms with Crippen LogP contribution in [-0.2, 0) is 9.59 Å². The Bertz CT molecular complexity index is 1020. The van der Waals surface area contributed by atoms with Gasteiger partial charge in [-0.15, -0.1) is 0 Å². The predicted octanol–water partition coefficient (Wildman–Crippen LogP) is 2.09. The summed E-state index contributed by atoms with van der Waals surface area (Å²) in [6.07, 6.45) is 1.44. The second-order valence-electron chi connectivity index (χ2n) is 6.12. The van der Waals surface area contributed by atoms with Crippen LogP contribution in [0.1, 0.15) is 17.0 Å². The number of nitro benzene ring substituents is 1. The summed E-state index contributed by atoms with van der Waals surface area (Å²) in [5.74, 6) is -1.42. The van der Waals surface area contributed by atoms with Crippen LogP contribution in [0.5, 0.6) is 0 Å². The van der Waals surface area contributed by atoms with Gasteiger partial charge in [0, 0.05) is 36.3 Å². The number of nitrogens with zero attached hydrogens (tertiary/aromatic N) is 3. The Morgan fingerprint density at radius 3 is 2.33 bits per heavy atom. The minimum Gasteiger partial charge on any atom is -0.318 e. The van der Waals surface area contributed by atoms with Crippen LogP contribution in [0, 0.1) is 24.0 Å². The molecule has 4 amide bonds. The van der Waals surface area contributed by atoms with Crippen molar-refractivity contribution >= 4 is 29.6 Å². The molecule has 3 rings (SSSR count). The fourth-order valence-corrected chi connectivity index (χ4v) is 2.96. The lowest BCUT2D eigenvalue weighted by atomic mass is 10.1. The Labute approximate surface area is 154 Å². The predicted molar refractivity (Wildman–Crippen MR) is 96.2 cm³/mol. The molecule has 1 fully saturated rings. The summed E-state index contributed by atoms with van der Waals surface area (Å²) in [6, 6.07) is 7.09. The first-order valence-corrected chi connectivity index (χ1v) is 7.99. The molecule has 2 aromatic rings. The maximum Gasteiger partial charge on any atom is 0.331 e. The first-order chi connectivity index (χ1) is 12.7. The van der Waals surface area contributed by atoms with Crippen LogP contribution in [-0.4, -0.2) is 39.3 Å². The highest BCUT2D eigenvalue weighted by Crippen LogP contribution is 2.25. The van der Waals surface area contributed by atoms with E-state index in [1.54, 1.807) is 25.1 Å². The van der Waals surface area contributed by atoms with Gasteiger partial charge < -0.3 is 4.57 Å². The van der Waals surface area contributed by atoms with Gasteiger partial charge in [-0.05, 0) is 43.7 Å². The zero-order chi connectivity index (χ0) is 19.9. The standard InChI is InChI=1S/C18H16N4O5/c1-10-8-12(9-15-16(23)19-18(25)20(3)17(15)24)11(2)21(10)13-4-6-14(7-5-13)22(26)27/h4-9H,1-3H3,(H,19,23,25). The fourth-order valence-electron chi connectivity index (χ4n) is 2.96. The number of hydrogen-bond acceptors (Lipinski definition) is 5. The largest absolute Gasteiger partial charge is 0.331 e. The minimum absolute atomic E-state index is 0.0132. The van der Waals surface area contributed by atoms with Crippen LogP contribution in [0.15, 0.2) is 35.9 Å². The third-order valence-electron chi connectivity index (χ3n) is 4.39. The summed E-state index contributed by atoms with van der Waals surface area (Å²) in [7, 11) is 1.29. The van der Waals surface area contributed by atoms with Crippen molar-refractivity contribution in [1.29, 1.82) is 0 Å². The first-order valence-electron chi connectivity index (χ1n) is 7.99. The Morgan fingerprint density at radius 2 is 1.74 bits per heavy atom. The Kier molecular flexibility index (Phi) is 4.36. The number of likely N-dealkylation sites (N-methyl/N-ethyl adjacent to an activating group) is 1. The molecule has 1 aliphatic rings. The summed E-state index contributed by atoms with van der Waals surface area (Å²) in [4.78, 5) is 46.9. The number of aromatic nitrogens is 1. The molecule has 0 unspecified atom stereocenters. The highest BCUT2D eigenvalue weighted by atomic mass is 16.6. The summed E-state index contributed by atoms with van der Waals surface area (Å²) in [5, 5.41) is 12.9. The van der Waals surface area contributed by atoms with Gasteiger partial charge in [-0.3, -0.25) is 29.9 Å². The smallest absolute Gasteiger partial charge is 0.318 e. The number of nitrogens with one attached hydrogen (secondary N) is 1. The van der Waals surface area contributed by atoms with Gasteiger partial charge >= 0.3 is 6.03 Å². The third kappa shape index (κ3) is 3.10. The van der Waals surface area contributed by atoms with E-state index in [4.69, 9.17) is 0 Å². The maximum absolute atomic E-state index is 12.2. The number of non-ortho nitro benzene ring substituents is 1. The molecule has 138 valence electrons. The second kappa shape index (κ2) is 6.52. The molecule has 0 atom stereocenters. The maximum atomic E-state index is 12.2. The van der Waals surface area contributed by atoms with Crippen LogP contribution in [0.25, 0.3) is 11.8 Å². The van der Waals surface area contributed by atoms with E-state index in [1.807, 2.05) is 11.5 Å². The lowest BCUT2D eigenvalue weighted by molar-refractivity contribution is -0.384. The highest BCUT2D eigenvalue weighted by molar-refractivity contribution is 6.30. The molecular weight excluding hydrogens is 352 g/mol. The quantitative estimate of drug-likeness (QED) is 0.386. The number of carbonyl (C=O) groups excluding carboxylic acids is 3. The summed E-state index contributed by atoms with van der Waals surface area (Å²) < 4.78 is 1.86. The fraction of sp³-hybridized carbons (Fsp3) is 0.167. The van der Waals surface area contributed by atoms with E-state index in [2.05, 4.69) is 5.32 Å². The van der Waals surface area contributed by atoms with Gasteiger partial charge in [0.1, 0.15) is 5.57 Å². The van der Waals surface area contributed by atoms with E-state index >= 15 is 0 Å². The molecule has 9 nitrogen and oxygen atoms in total. The van der Waals surface area contributed by atoms with Crippen molar-refractivity contribution in [3.05, 3.63) is 63.0 Å². The molecule has 1 aromatic heterocycles. The van der Waals surface area contributed by atoms with E-state index in [1.165, 1.54) is 25.3 Å². The molecule has 1 N–H and O–H groups in total. The van der Waals surface area contributed by atoms with Gasteiger partial charge in [0.25, 0.3) is 17.5 Å². The lowest BCUT2D eigenvalue weighted by Gasteiger charge is -2.22. The Hall–Kier alpha value is -3.75. The van der Waals surface area contributed by atoms with Gasteiger partial charge in [0.2, 0.25) is 0 Å². The average molecular weight is 368 g/mol. The van der Waals surface area contributed by atoms with Crippen molar-refractivity contribution < 1.29 is 19.3 Å². The molecule has 27 heavy (non-hydrogen) atoms. The van der Waals surface area contributed by atoms with Crippen LogP contribution in [0.4, 0.5) is 10.5 Å². The van der Waals surface area contributed by atoms with Crippen LogP contribution in [0.3, 0.4) is 0 Å². The zero-order valence-corrected chi connectivity index (χ0v) is 14.8. The number of hydrogen-bond donors (Lipinski definition) is 1. The summed E-state index contributed by atoms with van der Waals surface area (Å²) in [5.41, 5.74) is 2.76. The topological polar surface area (TPSA) is 115 Å². The van der Waals surface area contributed by atoms with Gasteiger partial charge in [-0.25, -0.2) is 4.79 Å². The van der Waals surface area contributed by atoms with E-state index < -0.39 is 22.8 Å². The molecule has 1 aliphatic heterocycles. The molecule has 1 aromatic carbocycles. The molecule has 0 aliphatic carbocycles. The molecule has 1 saturated heterocycles. The summed E-state index contributed by atoms with van der Waals surface area (Å²) >= 11 is 0. The Balaban J connectivity index is 2.03. The average Bonchev–Trinajstić information content (AvgIpc) is 2.90. The number of amides is 4.